The Bertz CT molecular complexity index is 1040. The lowest BCUT2D eigenvalue weighted by molar-refractivity contribution is -0.390. The third-order valence-electron chi connectivity index (χ3n) is 3.08. The van der Waals surface area contributed by atoms with Crippen molar-refractivity contribution in [3.8, 4) is 17.2 Å². The molecule has 0 aliphatic heterocycles. The van der Waals surface area contributed by atoms with Crippen molar-refractivity contribution in [1.82, 2.24) is 29.6 Å². The normalized spacial score (nSPS) is 11.2. The Morgan fingerprint density at radius 2 is 2.22 bits per heavy atom. The molecule has 0 saturated heterocycles. The van der Waals surface area contributed by atoms with Crippen molar-refractivity contribution in [3.05, 3.63) is 51.0 Å². The third kappa shape index (κ3) is 2.24. The SMILES string of the molecule is O=[N+]([O-])c1c(-n2nnc(-c3cccc(Cl)c3)n2)nc2sccn12. The summed E-state index contributed by atoms with van der Waals surface area (Å²) >= 11 is 7.22. The minimum atomic E-state index is -0.523. The molecule has 1 aromatic carbocycles. The maximum absolute atomic E-state index is 11.3. The van der Waals surface area contributed by atoms with Crippen molar-refractivity contribution in [3.63, 3.8) is 0 Å². The molecule has 0 amide bonds. The Labute approximate surface area is 136 Å². The van der Waals surface area contributed by atoms with Gasteiger partial charge in [-0.3, -0.25) is 0 Å². The van der Waals surface area contributed by atoms with Gasteiger partial charge in [0.15, 0.2) is 0 Å². The topological polar surface area (TPSA) is 104 Å². The zero-order valence-electron chi connectivity index (χ0n) is 11.2. The summed E-state index contributed by atoms with van der Waals surface area (Å²) in [7, 11) is 0. The second-order valence-electron chi connectivity index (χ2n) is 4.48. The van der Waals surface area contributed by atoms with Crippen molar-refractivity contribution in [2.75, 3.05) is 0 Å². The summed E-state index contributed by atoms with van der Waals surface area (Å²) in [6, 6.07) is 6.94. The summed E-state index contributed by atoms with van der Waals surface area (Å²) in [4.78, 5) is 16.5. The molecule has 3 aromatic heterocycles. The predicted molar refractivity (Wildman–Crippen MR) is 82.9 cm³/mol. The number of thiazole rings is 1. The molecule has 0 aliphatic carbocycles. The first-order chi connectivity index (χ1) is 11.1. The molecule has 0 aliphatic rings. The molecule has 23 heavy (non-hydrogen) atoms. The smallest absolute Gasteiger partial charge is 0.358 e. The van der Waals surface area contributed by atoms with Crippen LogP contribution in [0.25, 0.3) is 22.2 Å². The summed E-state index contributed by atoms with van der Waals surface area (Å²) in [5.74, 6) is 0.108. The minimum Gasteiger partial charge on any atom is -0.358 e. The van der Waals surface area contributed by atoms with Gasteiger partial charge in [-0.05, 0) is 22.3 Å². The van der Waals surface area contributed by atoms with Gasteiger partial charge >= 0.3 is 5.82 Å². The number of halogens is 1. The molecule has 114 valence electrons. The molecule has 11 heteroatoms. The van der Waals surface area contributed by atoms with Gasteiger partial charge in [0.2, 0.25) is 5.82 Å². The van der Waals surface area contributed by atoms with Gasteiger partial charge in [0.05, 0.1) is 0 Å². The van der Waals surface area contributed by atoms with E-state index >= 15 is 0 Å². The van der Waals surface area contributed by atoms with Crippen molar-refractivity contribution in [1.29, 1.82) is 0 Å². The van der Waals surface area contributed by atoms with Gasteiger partial charge in [-0.25, -0.2) is 0 Å². The summed E-state index contributed by atoms with van der Waals surface area (Å²) < 4.78 is 1.38. The molecule has 0 spiro atoms. The number of rotatable bonds is 3. The number of imidazole rings is 1. The minimum absolute atomic E-state index is 0.0163. The van der Waals surface area contributed by atoms with Crippen LogP contribution < -0.4 is 0 Å². The Balaban J connectivity index is 1.85. The highest BCUT2D eigenvalue weighted by Crippen LogP contribution is 2.26. The number of tetrazole rings is 1. The molecule has 4 rings (SSSR count). The molecule has 0 saturated carbocycles. The monoisotopic (exact) mass is 347 g/mol. The van der Waals surface area contributed by atoms with Gasteiger partial charge in [0, 0.05) is 16.0 Å². The lowest BCUT2D eigenvalue weighted by atomic mass is 10.2. The first-order valence-corrected chi connectivity index (χ1v) is 7.55. The Hall–Kier alpha value is -2.85. The van der Waals surface area contributed by atoms with Crippen molar-refractivity contribution in [2.45, 2.75) is 0 Å². The van der Waals surface area contributed by atoms with Gasteiger partial charge in [0.25, 0.3) is 10.8 Å². The highest BCUT2D eigenvalue weighted by molar-refractivity contribution is 7.15. The van der Waals surface area contributed by atoms with Gasteiger partial charge in [0.1, 0.15) is 6.20 Å². The van der Waals surface area contributed by atoms with Crippen molar-refractivity contribution >= 4 is 33.7 Å². The molecule has 0 unspecified atom stereocenters. The van der Waals surface area contributed by atoms with E-state index in [0.29, 0.717) is 21.4 Å². The summed E-state index contributed by atoms with van der Waals surface area (Å²) in [5.41, 5.74) is 0.660. The second-order valence-corrected chi connectivity index (χ2v) is 5.79. The first-order valence-electron chi connectivity index (χ1n) is 6.30. The largest absolute Gasteiger partial charge is 0.377 e. The lowest BCUT2D eigenvalue weighted by Crippen LogP contribution is -2.04. The predicted octanol–water partition coefficient (Wildman–Crippen LogP) is 2.60. The molecule has 0 fully saturated rings. The molecule has 4 aromatic rings. The van der Waals surface area contributed by atoms with E-state index in [2.05, 4.69) is 20.4 Å². The van der Waals surface area contributed by atoms with Gasteiger partial charge in [-0.1, -0.05) is 35.1 Å². The van der Waals surface area contributed by atoms with Crippen LogP contribution in [0.2, 0.25) is 5.02 Å². The van der Waals surface area contributed by atoms with Gasteiger partial charge in [-0.2, -0.15) is 9.38 Å². The third-order valence-corrected chi connectivity index (χ3v) is 4.07. The molecule has 0 radical (unpaired) electrons. The van der Waals surface area contributed by atoms with Crippen LogP contribution in [0.1, 0.15) is 0 Å². The van der Waals surface area contributed by atoms with E-state index in [1.165, 1.54) is 15.7 Å². The molecule has 3 heterocycles. The molecule has 0 N–H and O–H groups in total. The summed E-state index contributed by atoms with van der Waals surface area (Å²) in [6.07, 6.45) is 1.57. The van der Waals surface area contributed by atoms with Crippen LogP contribution >= 0.6 is 22.9 Å². The Morgan fingerprint density at radius 1 is 1.35 bits per heavy atom. The molecular weight excluding hydrogens is 342 g/mol. The van der Waals surface area contributed by atoms with Crippen LogP contribution in [0, 0.1) is 10.1 Å². The summed E-state index contributed by atoms with van der Waals surface area (Å²) in [5, 5.41) is 25.5. The highest BCUT2D eigenvalue weighted by atomic mass is 35.5. The van der Waals surface area contributed by atoms with E-state index in [9.17, 15) is 10.1 Å². The van der Waals surface area contributed by atoms with Crippen molar-refractivity contribution in [2.24, 2.45) is 0 Å². The fourth-order valence-electron chi connectivity index (χ4n) is 2.11. The van der Waals surface area contributed by atoms with Crippen LogP contribution in [0.15, 0.2) is 35.8 Å². The van der Waals surface area contributed by atoms with Gasteiger partial charge < -0.3 is 10.1 Å². The average molecular weight is 348 g/mol. The fraction of sp³-hybridized carbons (Fsp3) is 0. The standard InChI is InChI=1S/C12H6ClN7O2S/c13-8-3-1-2-7(6-8)9-15-17-19(16-9)10-11(20(21)22)18-4-5-23-12(18)14-10/h1-6H. The lowest BCUT2D eigenvalue weighted by Gasteiger charge is -1.96. The fourth-order valence-corrected chi connectivity index (χ4v) is 3.01. The number of hydrogen-bond donors (Lipinski definition) is 0. The average Bonchev–Trinajstić information content (AvgIpc) is 3.21. The maximum Gasteiger partial charge on any atom is 0.377 e. The Kier molecular flexibility index (Phi) is 3.06. The maximum atomic E-state index is 11.3. The molecule has 9 nitrogen and oxygen atoms in total. The van der Waals surface area contributed by atoms with Gasteiger partial charge in [-0.15, -0.1) is 15.0 Å². The molecule has 0 bridgehead atoms. The van der Waals surface area contributed by atoms with Crippen LogP contribution in [0.3, 0.4) is 0 Å². The number of benzene rings is 1. The van der Waals surface area contributed by atoms with E-state index in [0.717, 1.165) is 4.80 Å². The zero-order chi connectivity index (χ0) is 16.0. The first kappa shape index (κ1) is 13.8. The number of nitrogens with zero attached hydrogens (tertiary/aromatic N) is 7. The Morgan fingerprint density at radius 3 is 3.00 bits per heavy atom. The van der Waals surface area contributed by atoms with Crippen LogP contribution in [0.4, 0.5) is 5.82 Å². The van der Waals surface area contributed by atoms with E-state index in [1.807, 2.05) is 0 Å². The van der Waals surface area contributed by atoms with Crippen LogP contribution in [0.5, 0.6) is 0 Å². The highest BCUT2D eigenvalue weighted by Gasteiger charge is 2.27. The zero-order valence-corrected chi connectivity index (χ0v) is 12.8. The number of aromatic nitrogens is 6. The number of nitro groups is 1. The quantitative estimate of drug-likeness (QED) is 0.416. The van der Waals surface area contributed by atoms with E-state index in [-0.39, 0.29) is 11.6 Å². The van der Waals surface area contributed by atoms with E-state index in [4.69, 9.17) is 11.6 Å². The molecule has 0 atom stereocenters. The van der Waals surface area contributed by atoms with Crippen molar-refractivity contribution < 1.29 is 4.92 Å². The van der Waals surface area contributed by atoms with E-state index < -0.39 is 4.92 Å². The van der Waals surface area contributed by atoms with Crippen LogP contribution in [-0.4, -0.2) is 34.5 Å². The second kappa shape index (κ2) is 5.11. The molecular formula is C12H6ClN7O2S. The van der Waals surface area contributed by atoms with E-state index in [1.54, 1.807) is 35.8 Å². The van der Waals surface area contributed by atoms with Crippen LogP contribution in [-0.2, 0) is 0 Å². The number of hydrogen-bond acceptors (Lipinski definition) is 7. The number of fused-ring (bicyclic) bond motifs is 1. The summed E-state index contributed by atoms with van der Waals surface area (Å²) in [6.45, 7) is 0.